The normalized spacial score (nSPS) is 15.7. The van der Waals surface area contributed by atoms with E-state index in [9.17, 15) is 0 Å². The quantitative estimate of drug-likeness (QED) is 0.748. The minimum atomic E-state index is -0.0645. The molecule has 0 aliphatic carbocycles. The Morgan fingerprint density at radius 1 is 1.54 bits per heavy atom. The number of aliphatic hydroxyl groups excluding tert-OH is 1. The average molecular weight is 183 g/mol. The van der Waals surface area contributed by atoms with E-state index in [1.165, 1.54) is 0 Å². The predicted molar refractivity (Wildman–Crippen MR) is 51.0 cm³/mol. The lowest BCUT2D eigenvalue weighted by atomic mass is 9.98. The maximum Gasteiger partial charge on any atom is 0.129 e. The van der Waals surface area contributed by atoms with Crippen molar-refractivity contribution in [3.63, 3.8) is 0 Å². The van der Waals surface area contributed by atoms with Crippen molar-refractivity contribution < 1.29 is 9.52 Å². The van der Waals surface area contributed by atoms with Crippen LogP contribution in [0.4, 0.5) is 0 Å². The van der Waals surface area contributed by atoms with Gasteiger partial charge in [0.15, 0.2) is 0 Å². The van der Waals surface area contributed by atoms with Gasteiger partial charge in [0, 0.05) is 0 Å². The highest BCUT2D eigenvalue weighted by Gasteiger charge is 2.16. The zero-order chi connectivity index (χ0) is 9.84. The molecule has 13 heavy (non-hydrogen) atoms. The monoisotopic (exact) mass is 183 g/mol. The Morgan fingerprint density at radius 3 is 2.69 bits per heavy atom. The first-order chi connectivity index (χ1) is 6.19. The van der Waals surface area contributed by atoms with Crippen molar-refractivity contribution in [2.45, 2.75) is 32.9 Å². The fourth-order valence-corrected chi connectivity index (χ4v) is 1.19. The molecule has 3 N–H and O–H groups in total. The van der Waals surface area contributed by atoms with Crippen molar-refractivity contribution in [3.8, 4) is 0 Å². The van der Waals surface area contributed by atoms with E-state index in [4.69, 9.17) is 15.3 Å². The second-order valence-electron chi connectivity index (χ2n) is 3.37. The van der Waals surface area contributed by atoms with Crippen LogP contribution in [0.5, 0.6) is 0 Å². The predicted octanol–water partition coefficient (Wildman–Crippen LogP) is 1.82. The SMILES string of the molecule is CCC(C)[C@@H](N)c1ccc(CO)o1. The topological polar surface area (TPSA) is 59.4 Å². The highest BCUT2D eigenvalue weighted by atomic mass is 16.4. The lowest BCUT2D eigenvalue weighted by Gasteiger charge is -2.15. The average Bonchev–Trinajstić information content (AvgIpc) is 2.63. The van der Waals surface area contributed by atoms with Crippen molar-refractivity contribution >= 4 is 0 Å². The summed E-state index contributed by atoms with van der Waals surface area (Å²) < 4.78 is 5.34. The van der Waals surface area contributed by atoms with Gasteiger partial charge < -0.3 is 15.3 Å². The standard InChI is InChI=1S/C10H17NO2/c1-3-7(2)10(11)9-5-4-8(6-12)13-9/h4-5,7,10,12H,3,6,11H2,1-2H3/t7?,10-/m1/s1. The molecule has 1 rings (SSSR count). The first kappa shape index (κ1) is 10.3. The minimum absolute atomic E-state index is 0.0623. The van der Waals surface area contributed by atoms with Crippen LogP contribution in [0.25, 0.3) is 0 Å². The molecule has 1 unspecified atom stereocenters. The molecule has 0 amide bonds. The van der Waals surface area contributed by atoms with Gasteiger partial charge in [-0.3, -0.25) is 0 Å². The van der Waals surface area contributed by atoms with E-state index in [1.807, 2.05) is 6.07 Å². The molecule has 1 aromatic heterocycles. The van der Waals surface area contributed by atoms with Crippen molar-refractivity contribution in [1.29, 1.82) is 0 Å². The number of furan rings is 1. The Hall–Kier alpha value is -0.800. The van der Waals surface area contributed by atoms with Gasteiger partial charge in [0.1, 0.15) is 18.1 Å². The lowest BCUT2D eigenvalue weighted by Crippen LogP contribution is -2.17. The summed E-state index contributed by atoms with van der Waals surface area (Å²) in [6, 6.07) is 3.53. The van der Waals surface area contributed by atoms with E-state index in [-0.39, 0.29) is 12.6 Å². The van der Waals surface area contributed by atoms with Crippen molar-refractivity contribution in [3.05, 3.63) is 23.7 Å². The van der Waals surface area contributed by atoms with Crippen molar-refractivity contribution in [2.24, 2.45) is 11.7 Å². The third-order valence-corrected chi connectivity index (χ3v) is 2.42. The van der Waals surface area contributed by atoms with Crippen LogP contribution in [0.3, 0.4) is 0 Å². The molecule has 0 aliphatic heterocycles. The molecular weight excluding hydrogens is 166 g/mol. The van der Waals surface area contributed by atoms with Crippen LogP contribution >= 0.6 is 0 Å². The number of aliphatic hydroxyl groups is 1. The summed E-state index contributed by atoms with van der Waals surface area (Å²) in [5.74, 6) is 1.74. The molecule has 1 heterocycles. The number of nitrogens with two attached hydrogens (primary N) is 1. The first-order valence-electron chi connectivity index (χ1n) is 4.64. The smallest absolute Gasteiger partial charge is 0.129 e. The van der Waals surface area contributed by atoms with Crippen LogP contribution in [-0.2, 0) is 6.61 Å². The van der Waals surface area contributed by atoms with Crippen molar-refractivity contribution in [2.75, 3.05) is 0 Å². The van der Waals surface area contributed by atoms with Gasteiger partial charge in [-0.1, -0.05) is 20.3 Å². The zero-order valence-corrected chi connectivity index (χ0v) is 8.16. The Labute approximate surface area is 78.5 Å². The van der Waals surface area contributed by atoms with Gasteiger partial charge >= 0.3 is 0 Å². The minimum Gasteiger partial charge on any atom is -0.462 e. The third kappa shape index (κ3) is 2.32. The molecule has 2 atom stereocenters. The molecule has 3 nitrogen and oxygen atoms in total. The molecule has 0 saturated heterocycles. The Balaban J connectivity index is 2.70. The largest absolute Gasteiger partial charge is 0.462 e. The zero-order valence-electron chi connectivity index (χ0n) is 8.16. The Kier molecular flexibility index (Phi) is 3.51. The van der Waals surface area contributed by atoms with Gasteiger partial charge in [0.25, 0.3) is 0 Å². The summed E-state index contributed by atoms with van der Waals surface area (Å²) in [5.41, 5.74) is 5.94. The van der Waals surface area contributed by atoms with Crippen LogP contribution < -0.4 is 5.73 Å². The van der Waals surface area contributed by atoms with E-state index >= 15 is 0 Å². The molecule has 0 spiro atoms. The molecule has 0 bridgehead atoms. The summed E-state index contributed by atoms with van der Waals surface area (Å²) in [5, 5.41) is 8.79. The highest BCUT2D eigenvalue weighted by molar-refractivity contribution is 5.10. The first-order valence-corrected chi connectivity index (χ1v) is 4.64. The van der Waals surface area contributed by atoms with Crippen LogP contribution in [0.2, 0.25) is 0 Å². The number of hydrogen-bond acceptors (Lipinski definition) is 3. The summed E-state index contributed by atoms with van der Waals surface area (Å²) >= 11 is 0. The fraction of sp³-hybridized carbons (Fsp3) is 0.600. The molecular formula is C10H17NO2. The van der Waals surface area contributed by atoms with Gasteiger partial charge in [-0.25, -0.2) is 0 Å². The van der Waals surface area contributed by atoms with Gasteiger partial charge in [-0.05, 0) is 18.1 Å². The van der Waals surface area contributed by atoms with Crippen LogP contribution in [0.1, 0.15) is 37.8 Å². The molecule has 0 fully saturated rings. The molecule has 1 aromatic rings. The summed E-state index contributed by atoms with van der Waals surface area (Å²) in [7, 11) is 0. The molecule has 0 radical (unpaired) electrons. The number of hydrogen-bond donors (Lipinski definition) is 2. The van der Waals surface area contributed by atoms with Crippen LogP contribution in [-0.4, -0.2) is 5.11 Å². The second-order valence-corrected chi connectivity index (χ2v) is 3.37. The number of rotatable bonds is 4. The maximum atomic E-state index is 8.79. The van der Waals surface area contributed by atoms with Gasteiger partial charge in [0.05, 0.1) is 6.04 Å². The van der Waals surface area contributed by atoms with E-state index < -0.39 is 0 Å². The van der Waals surface area contributed by atoms with Gasteiger partial charge in [-0.2, -0.15) is 0 Å². The summed E-state index contributed by atoms with van der Waals surface area (Å²) in [6.45, 7) is 4.12. The van der Waals surface area contributed by atoms with Gasteiger partial charge in [0.2, 0.25) is 0 Å². The second kappa shape index (κ2) is 4.44. The molecule has 0 saturated carbocycles. The van der Waals surface area contributed by atoms with E-state index in [0.717, 1.165) is 12.2 Å². The molecule has 74 valence electrons. The Bertz CT molecular complexity index is 257. The van der Waals surface area contributed by atoms with E-state index in [2.05, 4.69) is 13.8 Å². The fourth-order valence-electron chi connectivity index (χ4n) is 1.19. The van der Waals surface area contributed by atoms with Gasteiger partial charge in [-0.15, -0.1) is 0 Å². The summed E-state index contributed by atoms with van der Waals surface area (Å²) in [6.07, 6.45) is 1.02. The maximum absolute atomic E-state index is 8.79. The van der Waals surface area contributed by atoms with E-state index in [1.54, 1.807) is 6.07 Å². The molecule has 0 aromatic carbocycles. The lowest BCUT2D eigenvalue weighted by molar-refractivity contribution is 0.238. The van der Waals surface area contributed by atoms with Crippen molar-refractivity contribution in [1.82, 2.24) is 0 Å². The van der Waals surface area contributed by atoms with E-state index in [0.29, 0.717) is 11.7 Å². The van der Waals surface area contributed by atoms with Crippen LogP contribution in [0.15, 0.2) is 16.5 Å². The summed E-state index contributed by atoms with van der Waals surface area (Å²) in [4.78, 5) is 0. The highest BCUT2D eigenvalue weighted by Crippen LogP contribution is 2.23. The third-order valence-electron chi connectivity index (χ3n) is 2.42. The van der Waals surface area contributed by atoms with Crippen LogP contribution in [0, 0.1) is 5.92 Å². The molecule has 0 aliphatic rings. The Morgan fingerprint density at radius 2 is 2.23 bits per heavy atom. The molecule has 3 heteroatoms.